The topological polar surface area (TPSA) is 84.9 Å². The number of carbonyl (C=O) groups excluding carboxylic acids is 2. The SMILES string of the molecule is CC(C)(C)OC(=O)CCC(/C=[P+](\[O-])OC(C)(C)C)C(=O)OC(C)(C)C. The Morgan fingerprint density at radius 2 is 1.40 bits per heavy atom. The first-order valence-corrected chi connectivity index (χ1v) is 9.68. The average Bonchev–Trinajstić information content (AvgIpc) is 2.27. The normalized spacial score (nSPS) is 14.9. The summed E-state index contributed by atoms with van der Waals surface area (Å²) < 4.78 is 16.0. The van der Waals surface area contributed by atoms with Crippen LogP contribution < -0.4 is 4.89 Å². The van der Waals surface area contributed by atoms with E-state index in [9.17, 15) is 14.5 Å². The van der Waals surface area contributed by atoms with Crippen molar-refractivity contribution in [2.24, 2.45) is 5.92 Å². The Balaban J connectivity index is 5.11. The fourth-order valence-electron chi connectivity index (χ4n) is 1.74. The number of ether oxygens (including phenoxy) is 2. The van der Waals surface area contributed by atoms with Crippen LogP contribution in [-0.4, -0.2) is 34.5 Å². The maximum atomic E-state index is 12.4. The van der Waals surface area contributed by atoms with Gasteiger partial charge in [0.15, 0.2) is 0 Å². The molecule has 0 aliphatic heterocycles. The molecule has 0 bridgehead atoms. The molecule has 0 aliphatic rings. The highest BCUT2D eigenvalue weighted by Crippen LogP contribution is 2.26. The van der Waals surface area contributed by atoms with Crippen LogP contribution in [0.25, 0.3) is 0 Å². The van der Waals surface area contributed by atoms with E-state index in [1.807, 2.05) is 0 Å². The van der Waals surface area contributed by atoms with Crippen LogP contribution in [0.1, 0.15) is 75.2 Å². The summed E-state index contributed by atoms with van der Waals surface area (Å²) in [5.41, 5.74) is -1.87. The van der Waals surface area contributed by atoms with Gasteiger partial charge in [-0.05, 0) is 68.7 Å². The Labute approximate surface area is 152 Å². The average molecular weight is 376 g/mol. The molecule has 0 radical (unpaired) electrons. The highest BCUT2D eigenvalue weighted by Gasteiger charge is 2.29. The van der Waals surface area contributed by atoms with E-state index in [-0.39, 0.29) is 12.8 Å². The van der Waals surface area contributed by atoms with E-state index >= 15 is 0 Å². The van der Waals surface area contributed by atoms with Gasteiger partial charge in [0.25, 0.3) is 0 Å². The van der Waals surface area contributed by atoms with Crippen molar-refractivity contribution in [2.45, 2.75) is 92.0 Å². The highest BCUT2D eigenvalue weighted by molar-refractivity contribution is 7.45. The zero-order chi connectivity index (χ0) is 20.1. The first-order chi connectivity index (χ1) is 11.0. The largest absolute Gasteiger partial charge is 0.603 e. The van der Waals surface area contributed by atoms with Crippen molar-refractivity contribution < 1.29 is 28.5 Å². The molecule has 7 heteroatoms. The second-order valence-corrected chi connectivity index (χ2v) is 9.95. The predicted octanol–water partition coefficient (Wildman–Crippen LogP) is 3.36. The molecule has 0 saturated carbocycles. The van der Waals surface area contributed by atoms with Gasteiger partial charge in [-0.3, -0.25) is 9.59 Å². The molecule has 0 aromatic carbocycles. The fourth-order valence-corrected chi connectivity index (χ4v) is 2.91. The minimum atomic E-state index is -2.17. The zero-order valence-electron chi connectivity index (χ0n) is 17.0. The van der Waals surface area contributed by atoms with Crippen LogP contribution >= 0.6 is 8.00 Å². The number of rotatable bonds is 6. The van der Waals surface area contributed by atoms with Crippen molar-refractivity contribution in [3.05, 3.63) is 0 Å². The lowest BCUT2D eigenvalue weighted by molar-refractivity contribution is -0.179. The molecule has 0 heterocycles. The van der Waals surface area contributed by atoms with E-state index in [1.54, 1.807) is 62.3 Å². The van der Waals surface area contributed by atoms with E-state index < -0.39 is 42.7 Å². The number of carbonyl (C=O) groups is 2. The lowest BCUT2D eigenvalue weighted by Gasteiger charge is -2.23. The molecule has 25 heavy (non-hydrogen) atoms. The molecule has 2 unspecified atom stereocenters. The van der Waals surface area contributed by atoms with E-state index in [2.05, 4.69) is 0 Å². The van der Waals surface area contributed by atoms with Gasteiger partial charge in [-0.1, -0.05) is 0 Å². The van der Waals surface area contributed by atoms with Crippen molar-refractivity contribution >= 4 is 25.7 Å². The van der Waals surface area contributed by atoms with E-state index in [0.29, 0.717) is 0 Å². The monoisotopic (exact) mass is 376 g/mol. The Kier molecular flexibility index (Phi) is 8.76. The Hall–Kier alpha value is -0.970. The molecule has 146 valence electrons. The van der Waals surface area contributed by atoms with Crippen molar-refractivity contribution in [1.82, 2.24) is 0 Å². The molecule has 0 spiro atoms. The van der Waals surface area contributed by atoms with E-state index in [1.165, 1.54) is 5.80 Å². The van der Waals surface area contributed by atoms with Gasteiger partial charge >= 0.3 is 11.9 Å². The van der Waals surface area contributed by atoms with Crippen molar-refractivity contribution in [2.75, 3.05) is 0 Å². The molecule has 0 N–H and O–H groups in total. The summed E-state index contributed by atoms with van der Waals surface area (Å²) in [7, 11) is -2.17. The predicted molar refractivity (Wildman–Crippen MR) is 98.2 cm³/mol. The van der Waals surface area contributed by atoms with Gasteiger partial charge in [-0.2, -0.15) is 4.52 Å². The van der Waals surface area contributed by atoms with Gasteiger partial charge in [0, 0.05) is 6.42 Å². The summed E-state index contributed by atoms with van der Waals surface area (Å²) in [6, 6.07) is 0. The molecule has 0 rings (SSSR count). The maximum Gasteiger partial charge on any atom is 0.317 e. The summed E-state index contributed by atoms with van der Waals surface area (Å²) in [6.45, 7) is 15.9. The minimum Gasteiger partial charge on any atom is -0.603 e. The Bertz CT molecular complexity index is 491. The molecule has 0 aliphatic carbocycles. The molecular weight excluding hydrogens is 343 g/mol. The van der Waals surface area contributed by atoms with Crippen molar-refractivity contribution in [1.29, 1.82) is 0 Å². The van der Waals surface area contributed by atoms with E-state index in [0.717, 1.165) is 0 Å². The smallest absolute Gasteiger partial charge is 0.317 e. The Morgan fingerprint density at radius 3 is 1.80 bits per heavy atom. The van der Waals surface area contributed by atoms with Crippen LogP contribution in [-0.2, 0) is 23.6 Å². The van der Waals surface area contributed by atoms with Gasteiger partial charge in [-0.25, -0.2) is 0 Å². The third kappa shape index (κ3) is 13.9. The molecule has 0 amide bonds. The number of hydrogen-bond donors (Lipinski definition) is 0. The van der Waals surface area contributed by atoms with Gasteiger partial charge in [0.05, 0.1) is 0 Å². The second-order valence-electron chi connectivity index (χ2n) is 8.90. The summed E-state index contributed by atoms with van der Waals surface area (Å²) in [4.78, 5) is 36.4. The third-order valence-corrected chi connectivity index (χ3v) is 3.79. The van der Waals surface area contributed by atoms with Gasteiger partial charge in [-0.15, -0.1) is 0 Å². The number of esters is 2. The van der Waals surface area contributed by atoms with Crippen LogP contribution in [0.3, 0.4) is 0 Å². The van der Waals surface area contributed by atoms with Crippen molar-refractivity contribution in [3.8, 4) is 0 Å². The molecule has 0 aromatic heterocycles. The number of hydrogen-bond acceptors (Lipinski definition) is 6. The van der Waals surface area contributed by atoms with Crippen LogP contribution in [0.5, 0.6) is 0 Å². The molecule has 6 nitrogen and oxygen atoms in total. The second kappa shape index (κ2) is 9.11. The molecule has 0 fully saturated rings. The van der Waals surface area contributed by atoms with Crippen LogP contribution in [0, 0.1) is 5.92 Å². The zero-order valence-corrected chi connectivity index (χ0v) is 17.9. The molecular formula is C18H33O6P. The Morgan fingerprint density at radius 1 is 0.920 bits per heavy atom. The van der Waals surface area contributed by atoms with Gasteiger partial charge in [0.1, 0.15) is 28.5 Å². The highest BCUT2D eigenvalue weighted by atomic mass is 31.1. The van der Waals surface area contributed by atoms with Crippen LogP contribution in [0.4, 0.5) is 0 Å². The quantitative estimate of drug-likeness (QED) is 0.522. The van der Waals surface area contributed by atoms with Crippen molar-refractivity contribution in [3.63, 3.8) is 0 Å². The summed E-state index contributed by atoms with van der Waals surface area (Å²) in [6.07, 6.45) is 0.175. The molecule has 0 saturated heterocycles. The lowest BCUT2D eigenvalue weighted by Crippen LogP contribution is -2.31. The minimum absolute atomic E-state index is 0.0242. The van der Waals surface area contributed by atoms with Crippen LogP contribution in [0.2, 0.25) is 0 Å². The first kappa shape index (κ1) is 24.0. The molecule has 2 atom stereocenters. The summed E-state index contributed by atoms with van der Waals surface area (Å²) >= 11 is 0. The van der Waals surface area contributed by atoms with Gasteiger partial charge in [0.2, 0.25) is 8.00 Å². The third-order valence-electron chi connectivity index (χ3n) is 2.45. The maximum absolute atomic E-state index is 12.4. The summed E-state index contributed by atoms with van der Waals surface area (Å²) in [5.74, 6) is -0.435. The fraction of sp³-hybridized carbons (Fsp3) is 0.833. The van der Waals surface area contributed by atoms with Gasteiger partial charge < -0.3 is 14.4 Å². The molecule has 0 aromatic rings. The first-order valence-electron chi connectivity index (χ1n) is 8.44. The lowest BCUT2D eigenvalue weighted by atomic mass is 10.0. The standard InChI is InChI=1S/C18H33O6P/c1-16(2,3)22-14(19)11-10-13(15(20)23-17(4,5)6)12-25(21)24-18(7,8)9/h12-13H,10-11H2,1-9H3. The summed E-state index contributed by atoms with van der Waals surface area (Å²) in [5, 5.41) is 0. The van der Waals surface area contributed by atoms with E-state index in [4.69, 9.17) is 14.0 Å². The van der Waals surface area contributed by atoms with Crippen LogP contribution in [0.15, 0.2) is 0 Å².